The molecule has 1 aliphatic heterocycles. The molecule has 0 unspecified atom stereocenters. The topological polar surface area (TPSA) is 21.3 Å². The average Bonchev–Trinajstić information content (AvgIpc) is 1.63. The zero-order chi connectivity index (χ0) is 5.82. The summed E-state index contributed by atoms with van der Waals surface area (Å²) in [5.41, 5.74) is 0. The Morgan fingerprint density at radius 2 is 2.50 bits per heavy atom. The van der Waals surface area contributed by atoms with E-state index < -0.39 is 0 Å². The maximum atomic E-state index is 5.17. The van der Waals surface area contributed by atoms with Crippen molar-refractivity contribution in [2.75, 3.05) is 19.8 Å². The predicted octanol–water partition coefficient (Wildman–Crippen LogP) is 0.385. The Kier molecular flexibility index (Phi) is 2.30. The number of rotatable bonds is 3. The Morgan fingerprint density at radius 3 is 2.88 bits per heavy atom. The molecule has 2 heteroatoms. The van der Waals surface area contributed by atoms with Crippen molar-refractivity contribution in [3.63, 3.8) is 0 Å². The van der Waals surface area contributed by atoms with E-state index in [1.54, 1.807) is 0 Å². The van der Waals surface area contributed by atoms with E-state index in [9.17, 15) is 0 Å². The molecule has 0 saturated carbocycles. The highest BCUT2D eigenvalue weighted by molar-refractivity contribution is 4.76. The number of ether oxygens (including phenoxy) is 1. The first kappa shape index (κ1) is 6.05. The number of hydrogen-bond donors (Lipinski definition) is 1. The molecule has 1 saturated heterocycles. The molecule has 2 nitrogen and oxygen atoms in total. The normalized spacial score (nSPS) is 27.4. The molecule has 0 amide bonds. The first-order valence-corrected chi connectivity index (χ1v) is 3.24. The van der Waals surface area contributed by atoms with Crippen LogP contribution < -0.4 is 5.32 Å². The minimum atomic E-state index is 0.662. The van der Waals surface area contributed by atoms with Crippen molar-refractivity contribution in [1.82, 2.24) is 5.32 Å². The van der Waals surface area contributed by atoms with Crippen LogP contribution in [-0.2, 0) is 4.74 Å². The third-order valence-electron chi connectivity index (χ3n) is 1.45. The van der Waals surface area contributed by atoms with E-state index in [4.69, 9.17) is 4.74 Å². The molecule has 8 heavy (non-hydrogen) atoms. The van der Waals surface area contributed by atoms with Crippen molar-refractivity contribution < 1.29 is 4.74 Å². The largest absolute Gasteiger partial charge is 0.380 e. The molecule has 1 N–H and O–H groups in total. The van der Waals surface area contributed by atoms with Gasteiger partial charge in [0.25, 0.3) is 0 Å². The van der Waals surface area contributed by atoms with Gasteiger partial charge in [-0.1, -0.05) is 0 Å². The lowest BCUT2D eigenvalue weighted by atomic mass is 10.1. The highest BCUT2D eigenvalue weighted by Gasteiger charge is 2.14. The van der Waals surface area contributed by atoms with Crippen molar-refractivity contribution in [3.05, 3.63) is 0 Å². The molecule has 0 aromatic rings. The third-order valence-corrected chi connectivity index (χ3v) is 1.45. The Morgan fingerprint density at radius 1 is 1.75 bits per heavy atom. The SMILES string of the molecule is CCOC[C@@H]1CCN1. The molecular formula is C6H13NO. The lowest BCUT2D eigenvalue weighted by molar-refractivity contribution is 0.102. The second-order valence-electron chi connectivity index (χ2n) is 2.10. The second kappa shape index (κ2) is 3.05. The van der Waals surface area contributed by atoms with Gasteiger partial charge in [-0.2, -0.15) is 0 Å². The van der Waals surface area contributed by atoms with Crippen LogP contribution in [0.1, 0.15) is 13.3 Å². The molecule has 0 aromatic heterocycles. The van der Waals surface area contributed by atoms with Crippen molar-refractivity contribution in [1.29, 1.82) is 0 Å². The Bertz CT molecular complexity index is 61.5. The standard InChI is InChI=1S/C6H13NO/c1-2-8-5-6-3-4-7-6/h6-7H,2-5H2,1H3/t6-/m0/s1. The minimum Gasteiger partial charge on any atom is -0.380 e. The van der Waals surface area contributed by atoms with Crippen LogP contribution in [0.2, 0.25) is 0 Å². The van der Waals surface area contributed by atoms with Crippen LogP contribution in [0, 0.1) is 0 Å². The van der Waals surface area contributed by atoms with Gasteiger partial charge in [0.15, 0.2) is 0 Å². The first-order valence-electron chi connectivity index (χ1n) is 3.24. The highest BCUT2D eigenvalue weighted by Crippen LogP contribution is 2.00. The van der Waals surface area contributed by atoms with Crippen molar-refractivity contribution in [2.24, 2.45) is 0 Å². The molecule has 1 aliphatic rings. The molecule has 0 aromatic carbocycles. The summed E-state index contributed by atoms with van der Waals surface area (Å²) in [6.45, 7) is 4.95. The molecule has 0 aliphatic carbocycles. The molecule has 1 rings (SSSR count). The fourth-order valence-electron chi connectivity index (χ4n) is 0.751. The monoisotopic (exact) mass is 115 g/mol. The van der Waals surface area contributed by atoms with Crippen LogP contribution in [0.15, 0.2) is 0 Å². The lowest BCUT2D eigenvalue weighted by Gasteiger charge is -2.26. The molecule has 48 valence electrons. The van der Waals surface area contributed by atoms with Gasteiger partial charge in [0.2, 0.25) is 0 Å². The van der Waals surface area contributed by atoms with Gasteiger partial charge in [-0.05, 0) is 19.9 Å². The van der Waals surface area contributed by atoms with Gasteiger partial charge in [0.1, 0.15) is 0 Å². The fraction of sp³-hybridized carbons (Fsp3) is 1.00. The van der Waals surface area contributed by atoms with E-state index in [0.29, 0.717) is 6.04 Å². The van der Waals surface area contributed by atoms with Crippen molar-refractivity contribution in [2.45, 2.75) is 19.4 Å². The van der Waals surface area contributed by atoms with E-state index in [0.717, 1.165) is 13.2 Å². The molecule has 0 spiro atoms. The molecule has 0 bridgehead atoms. The summed E-state index contributed by atoms with van der Waals surface area (Å²) >= 11 is 0. The number of hydrogen-bond acceptors (Lipinski definition) is 2. The van der Waals surface area contributed by atoms with E-state index in [1.807, 2.05) is 6.92 Å². The van der Waals surface area contributed by atoms with Crippen LogP contribution in [0.25, 0.3) is 0 Å². The van der Waals surface area contributed by atoms with Crippen LogP contribution in [0.3, 0.4) is 0 Å². The summed E-state index contributed by atoms with van der Waals surface area (Å²) in [7, 11) is 0. The van der Waals surface area contributed by atoms with Gasteiger partial charge in [-0.3, -0.25) is 0 Å². The van der Waals surface area contributed by atoms with E-state index in [-0.39, 0.29) is 0 Å². The summed E-state index contributed by atoms with van der Waals surface area (Å²) in [6, 6.07) is 0.662. The smallest absolute Gasteiger partial charge is 0.0619 e. The zero-order valence-electron chi connectivity index (χ0n) is 5.31. The molecular weight excluding hydrogens is 102 g/mol. The molecule has 0 radical (unpaired) electrons. The van der Waals surface area contributed by atoms with Crippen molar-refractivity contribution in [3.8, 4) is 0 Å². The van der Waals surface area contributed by atoms with E-state index >= 15 is 0 Å². The Labute approximate surface area is 50.2 Å². The minimum absolute atomic E-state index is 0.662. The summed E-state index contributed by atoms with van der Waals surface area (Å²) in [5.74, 6) is 0. The quantitative estimate of drug-likeness (QED) is 0.574. The average molecular weight is 115 g/mol. The summed E-state index contributed by atoms with van der Waals surface area (Å²) in [5, 5.41) is 3.26. The van der Waals surface area contributed by atoms with Crippen LogP contribution in [0.5, 0.6) is 0 Å². The Balaban J connectivity index is 1.86. The summed E-state index contributed by atoms with van der Waals surface area (Å²) in [4.78, 5) is 0. The van der Waals surface area contributed by atoms with Crippen LogP contribution in [-0.4, -0.2) is 25.8 Å². The van der Waals surface area contributed by atoms with Gasteiger partial charge in [0.05, 0.1) is 6.61 Å². The van der Waals surface area contributed by atoms with E-state index in [2.05, 4.69) is 5.32 Å². The second-order valence-corrected chi connectivity index (χ2v) is 2.10. The number of nitrogens with one attached hydrogen (secondary N) is 1. The van der Waals surface area contributed by atoms with Crippen molar-refractivity contribution >= 4 is 0 Å². The zero-order valence-corrected chi connectivity index (χ0v) is 5.31. The van der Waals surface area contributed by atoms with Crippen LogP contribution >= 0.6 is 0 Å². The lowest BCUT2D eigenvalue weighted by Crippen LogP contribution is -2.45. The first-order chi connectivity index (χ1) is 3.93. The van der Waals surface area contributed by atoms with Gasteiger partial charge >= 0.3 is 0 Å². The third kappa shape index (κ3) is 1.46. The summed E-state index contributed by atoms with van der Waals surface area (Å²) < 4.78 is 5.17. The molecule has 1 heterocycles. The maximum absolute atomic E-state index is 5.17. The van der Waals surface area contributed by atoms with Gasteiger partial charge in [-0.15, -0.1) is 0 Å². The van der Waals surface area contributed by atoms with E-state index in [1.165, 1.54) is 13.0 Å². The van der Waals surface area contributed by atoms with Crippen LogP contribution in [0.4, 0.5) is 0 Å². The highest BCUT2D eigenvalue weighted by atomic mass is 16.5. The molecule has 1 fully saturated rings. The van der Waals surface area contributed by atoms with Gasteiger partial charge in [0, 0.05) is 12.6 Å². The van der Waals surface area contributed by atoms with Gasteiger partial charge < -0.3 is 10.1 Å². The van der Waals surface area contributed by atoms with Gasteiger partial charge in [-0.25, -0.2) is 0 Å². The molecule has 1 atom stereocenters. The fourth-order valence-corrected chi connectivity index (χ4v) is 0.751. The predicted molar refractivity (Wildman–Crippen MR) is 32.9 cm³/mol. The summed E-state index contributed by atoms with van der Waals surface area (Å²) in [6.07, 6.45) is 1.29. The maximum Gasteiger partial charge on any atom is 0.0619 e. The Hall–Kier alpha value is -0.0800.